The number of primary amides is 1. The van der Waals surface area contributed by atoms with E-state index in [0.29, 0.717) is 11.6 Å². The summed E-state index contributed by atoms with van der Waals surface area (Å²) >= 11 is 0. The Morgan fingerprint density at radius 1 is 1.17 bits per heavy atom. The second-order valence-corrected chi connectivity index (χ2v) is 5.32. The number of carbonyl (C=O) groups excluding carboxylic acids is 1. The molecule has 122 valence electrons. The van der Waals surface area contributed by atoms with Crippen LogP contribution in [-0.2, 0) is 7.05 Å². The Morgan fingerprint density at radius 3 is 2.54 bits per heavy atom. The third-order valence-corrected chi connectivity index (χ3v) is 3.36. The van der Waals surface area contributed by atoms with Crippen LogP contribution in [0.5, 0.6) is 0 Å². The third kappa shape index (κ3) is 3.49. The molecule has 0 radical (unpaired) electrons. The van der Waals surface area contributed by atoms with E-state index in [4.69, 9.17) is 5.73 Å². The Bertz CT molecular complexity index is 870. The van der Waals surface area contributed by atoms with Crippen LogP contribution in [0.2, 0.25) is 0 Å². The average molecular weight is 323 g/mol. The van der Waals surface area contributed by atoms with Crippen LogP contribution in [0.15, 0.2) is 42.9 Å². The fourth-order valence-corrected chi connectivity index (χ4v) is 2.26. The minimum atomic E-state index is -0.594. The maximum Gasteiger partial charge on any atom is 0.316 e. The molecule has 2 heterocycles. The molecule has 0 atom stereocenters. The van der Waals surface area contributed by atoms with Gasteiger partial charge in [0.15, 0.2) is 0 Å². The van der Waals surface area contributed by atoms with Crippen molar-refractivity contribution in [3.8, 4) is 11.3 Å². The first-order valence-corrected chi connectivity index (χ1v) is 7.27. The Kier molecular flexibility index (Phi) is 4.11. The summed E-state index contributed by atoms with van der Waals surface area (Å²) in [5, 5.41) is 9.75. The standard InChI is InChI=1S/C16H17N7O/c1-10-7-18-16(21-13-8-19-23(2)9-13)22-14(10)11-3-5-12(6-4-11)20-15(17)24/h3-9H,1-2H3,(H3,17,20,24)(H,18,21,22). The Hall–Kier alpha value is -3.42. The predicted octanol–water partition coefficient (Wildman–Crippen LogP) is 2.42. The number of carbonyl (C=O) groups is 1. The van der Waals surface area contributed by atoms with Crippen molar-refractivity contribution in [3.05, 3.63) is 48.4 Å². The van der Waals surface area contributed by atoms with Crippen LogP contribution in [0, 0.1) is 6.92 Å². The highest BCUT2D eigenvalue weighted by Crippen LogP contribution is 2.24. The lowest BCUT2D eigenvalue weighted by atomic mass is 10.1. The van der Waals surface area contributed by atoms with Gasteiger partial charge in [-0.1, -0.05) is 12.1 Å². The molecule has 0 fully saturated rings. The average Bonchev–Trinajstić information content (AvgIpc) is 2.95. The Balaban J connectivity index is 1.87. The van der Waals surface area contributed by atoms with Crippen molar-refractivity contribution in [1.29, 1.82) is 0 Å². The number of rotatable bonds is 4. The molecule has 0 aliphatic carbocycles. The van der Waals surface area contributed by atoms with E-state index >= 15 is 0 Å². The highest BCUT2D eigenvalue weighted by molar-refractivity contribution is 5.88. The molecule has 24 heavy (non-hydrogen) atoms. The lowest BCUT2D eigenvalue weighted by Gasteiger charge is -2.09. The largest absolute Gasteiger partial charge is 0.351 e. The van der Waals surface area contributed by atoms with Gasteiger partial charge in [-0.2, -0.15) is 5.10 Å². The first-order valence-electron chi connectivity index (χ1n) is 7.27. The van der Waals surface area contributed by atoms with Gasteiger partial charge in [0.05, 0.1) is 17.6 Å². The van der Waals surface area contributed by atoms with Crippen LogP contribution in [-0.4, -0.2) is 25.8 Å². The van der Waals surface area contributed by atoms with Crippen molar-refractivity contribution in [3.63, 3.8) is 0 Å². The maximum atomic E-state index is 10.9. The molecule has 3 rings (SSSR count). The smallest absolute Gasteiger partial charge is 0.316 e. The third-order valence-electron chi connectivity index (χ3n) is 3.36. The summed E-state index contributed by atoms with van der Waals surface area (Å²) in [6, 6.07) is 6.69. The number of amides is 2. The topological polar surface area (TPSA) is 111 Å². The van der Waals surface area contributed by atoms with Crippen molar-refractivity contribution < 1.29 is 4.79 Å². The molecule has 8 heteroatoms. The normalized spacial score (nSPS) is 10.4. The van der Waals surface area contributed by atoms with Gasteiger partial charge in [-0.3, -0.25) is 4.68 Å². The first-order chi connectivity index (χ1) is 11.5. The van der Waals surface area contributed by atoms with Gasteiger partial charge < -0.3 is 16.4 Å². The number of aromatic nitrogens is 4. The molecule has 1 aromatic carbocycles. The second-order valence-electron chi connectivity index (χ2n) is 5.32. The molecule has 0 spiro atoms. The Labute approximate surface area is 138 Å². The molecule has 0 aliphatic rings. The highest BCUT2D eigenvalue weighted by Gasteiger charge is 2.08. The fraction of sp³-hybridized carbons (Fsp3) is 0.125. The summed E-state index contributed by atoms with van der Waals surface area (Å²) in [4.78, 5) is 19.7. The van der Waals surface area contributed by atoms with Gasteiger partial charge in [0, 0.05) is 30.7 Å². The molecule has 0 saturated carbocycles. The molecule has 4 N–H and O–H groups in total. The lowest BCUT2D eigenvalue weighted by Crippen LogP contribution is -2.19. The van der Waals surface area contributed by atoms with E-state index in [1.165, 1.54) is 0 Å². The summed E-state index contributed by atoms with van der Waals surface area (Å²) in [6.45, 7) is 1.94. The van der Waals surface area contributed by atoms with Gasteiger partial charge in [-0.05, 0) is 24.6 Å². The van der Waals surface area contributed by atoms with E-state index in [0.717, 1.165) is 22.5 Å². The second kappa shape index (κ2) is 6.37. The zero-order valence-corrected chi connectivity index (χ0v) is 13.3. The van der Waals surface area contributed by atoms with Crippen LogP contribution >= 0.6 is 0 Å². The molecule has 2 amide bonds. The zero-order chi connectivity index (χ0) is 17.1. The molecule has 8 nitrogen and oxygen atoms in total. The summed E-state index contributed by atoms with van der Waals surface area (Å²) in [7, 11) is 1.84. The predicted molar refractivity (Wildman–Crippen MR) is 91.9 cm³/mol. The summed E-state index contributed by atoms with van der Waals surface area (Å²) in [5.74, 6) is 0.489. The van der Waals surface area contributed by atoms with Crippen molar-refractivity contribution >= 4 is 23.4 Å². The molecule has 2 aromatic heterocycles. The molecule has 0 unspecified atom stereocenters. The number of nitrogens with zero attached hydrogens (tertiary/aromatic N) is 4. The summed E-state index contributed by atoms with van der Waals surface area (Å²) < 4.78 is 1.70. The first kappa shape index (κ1) is 15.5. The van der Waals surface area contributed by atoms with Gasteiger partial charge >= 0.3 is 6.03 Å². The quantitative estimate of drug-likeness (QED) is 0.683. The number of nitrogens with one attached hydrogen (secondary N) is 2. The van der Waals surface area contributed by atoms with Gasteiger partial charge in [0.1, 0.15) is 0 Å². The van der Waals surface area contributed by atoms with E-state index in [1.54, 1.807) is 29.2 Å². The fourth-order valence-electron chi connectivity index (χ4n) is 2.26. The SMILES string of the molecule is Cc1cnc(Nc2cnn(C)c2)nc1-c1ccc(NC(N)=O)cc1. The Morgan fingerprint density at radius 2 is 1.92 bits per heavy atom. The van der Waals surface area contributed by atoms with E-state index in [-0.39, 0.29) is 0 Å². The van der Waals surface area contributed by atoms with E-state index < -0.39 is 6.03 Å². The van der Waals surface area contributed by atoms with Crippen LogP contribution < -0.4 is 16.4 Å². The van der Waals surface area contributed by atoms with Crippen LogP contribution in [0.25, 0.3) is 11.3 Å². The van der Waals surface area contributed by atoms with Crippen molar-refractivity contribution in [1.82, 2.24) is 19.7 Å². The number of urea groups is 1. The van der Waals surface area contributed by atoms with Gasteiger partial charge in [-0.15, -0.1) is 0 Å². The summed E-state index contributed by atoms with van der Waals surface area (Å²) in [6.07, 6.45) is 5.30. The molecule has 0 bridgehead atoms. The van der Waals surface area contributed by atoms with Gasteiger partial charge in [0.25, 0.3) is 0 Å². The van der Waals surface area contributed by atoms with E-state index in [1.807, 2.05) is 32.3 Å². The number of anilines is 3. The number of benzene rings is 1. The minimum absolute atomic E-state index is 0.489. The molecular formula is C16H17N7O. The van der Waals surface area contributed by atoms with Crippen molar-refractivity contribution in [2.24, 2.45) is 12.8 Å². The molecule has 3 aromatic rings. The van der Waals surface area contributed by atoms with Gasteiger partial charge in [-0.25, -0.2) is 14.8 Å². The minimum Gasteiger partial charge on any atom is -0.351 e. The van der Waals surface area contributed by atoms with Crippen LogP contribution in [0.3, 0.4) is 0 Å². The molecule has 0 saturated heterocycles. The van der Waals surface area contributed by atoms with E-state index in [2.05, 4.69) is 25.7 Å². The van der Waals surface area contributed by atoms with Crippen LogP contribution in [0.4, 0.5) is 22.1 Å². The summed E-state index contributed by atoms with van der Waals surface area (Å²) in [5.41, 5.74) is 9.22. The zero-order valence-electron chi connectivity index (χ0n) is 13.3. The maximum absolute atomic E-state index is 10.9. The highest BCUT2D eigenvalue weighted by atomic mass is 16.2. The van der Waals surface area contributed by atoms with Gasteiger partial charge in [0.2, 0.25) is 5.95 Å². The number of hydrogen-bond donors (Lipinski definition) is 3. The lowest BCUT2D eigenvalue weighted by molar-refractivity contribution is 0.259. The van der Waals surface area contributed by atoms with Crippen LogP contribution in [0.1, 0.15) is 5.56 Å². The number of hydrogen-bond acceptors (Lipinski definition) is 5. The van der Waals surface area contributed by atoms with E-state index in [9.17, 15) is 4.79 Å². The monoisotopic (exact) mass is 323 g/mol. The molecular weight excluding hydrogens is 306 g/mol. The van der Waals surface area contributed by atoms with Crippen molar-refractivity contribution in [2.75, 3.05) is 10.6 Å². The molecule has 0 aliphatic heterocycles. The van der Waals surface area contributed by atoms with Crippen molar-refractivity contribution in [2.45, 2.75) is 6.92 Å². The number of nitrogens with two attached hydrogens (primary N) is 1. The number of aryl methyl sites for hydroxylation is 2.